The predicted octanol–water partition coefficient (Wildman–Crippen LogP) is 1.67. The first-order valence-corrected chi connectivity index (χ1v) is 8.22. The van der Waals surface area contributed by atoms with Crippen LogP contribution in [0.3, 0.4) is 0 Å². The first-order valence-electron chi connectivity index (χ1n) is 7.43. The smallest absolute Gasteiger partial charge is 0.344 e. The number of hydrogen-bond donors (Lipinski definition) is 2. The molecule has 0 aliphatic carbocycles. The molecular formula is C15H17BrN4O5. The van der Waals surface area contributed by atoms with E-state index in [1.165, 1.54) is 0 Å². The quantitative estimate of drug-likeness (QED) is 0.630. The minimum absolute atomic E-state index is 0.00309. The van der Waals surface area contributed by atoms with Gasteiger partial charge in [0.25, 0.3) is 5.91 Å². The zero-order chi connectivity index (χ0) is 18.4. The molecule has 1 amide bonds. The number of benzene rings is 1. The summed E-state index contributed by atoms with van der Waals surface area (Å²) < 4.78 is 16.4. The average Bonchev–Trinajstić information content (AvgIpc) is 3.05. The van der Waals surface area contributed by atoms with Crippen LogP contribution in [0.4, 0.5) is 0 Å². The largest absolute Gasteiger partial charge is 0.490 e. The molecule has 2 aromatic rings. The van der Waals surface area contributed by atoms with Crippen molar-refractivity contribution in [2.24, 2.45) is 5.73 Å². The summed E-state index contributed by atoms with van der Waals surface area (Å²) in [5.41, 5.74) is 6.11. The maximum absolute atomic E-state index is 11.5. The van der Waals surface area contributed by atoms with Gasteiger partial charge in [-0.3, -0.25) is 4.79 Å². The highest BCUT2D eigenvalue weighted by molar-refractivity contribution is 9.10. The number of ether oxygens (including phenoxy) is 3. The van der Waals surface area contributed by atoms with Crippen molar-refractivity contribution >= 4 is 27.8 Å². The molecule has 134 valence electrons. The third kappa shape index (κ3) is 4.47. The second-order valence-corrected chi connectivity index (χ2v) is 5.54. The molecule has 0 unspecified atom stereocenters. The number of carbonyl (C=O) groups excluding carboxylic acids is 2. The molecule has 0 aliphatic heterocycles. The SMILES string of the molecule is CCOC(=O)COc1cc(Br)c(-c2n[nH]nc2C(N)=O)cc1OCC. The van der Waals surface area contributed by atoms with Crippen molar-refractivity contribution in [1.29, 1.82) is 0 Å². The number of aromatic nitrogens is 3. The number of carbonyl (C=O) groups is 2. The highest BCUT2D eigenvalue weighted by Crippen LogP contribution is 2.38. The molecule has 1 heterocycles. The fourth-order valence-corrected chi connectivity index (χ4v) is 2.54. The molecule has 0 atom stereocenters. The number of nitrogens with one attached hydrogen (secondary N) is 1. The Morgan fingerprint density at radius 1 is 1.16 bits per heavy atom. The Bertz CT molecular complexity index is 777. The normalized spacial score (nSPS) is 10.4. The summed E-state index contributed by atoms with van der Waals surface area (Å²) in [6.07, 6.45) is 0. The van der Waals surface area contributed by atoms with Gasteiger partial charge in [-0.2, -0.15) is 15.4 Å². The number of rotatable bonds is 8. The van der Waals surface area contributed by atoms with Crippen LogP contribution in [0.25, 0.3) is 11.3 Å². The number of amides is 1. The number of H-pyrrole nitrogens is 1. The molecule has 10 heteroatoms. The molecule has 0 bridgehead atoms. The fraction of sp³-hybridized carbons (Fsp3) is 0.333. The maximum atomic E-state index is 11.5. The van der Waals surface area contributed by atoms with Crippen LogP contribution in [0.1, 0.15) is 24.3 Å². The van der Waals surface area contributed by atoms with Crippen LogP contribution in [-0.4, -0.2) is 47.1 Å². The number of nitrogens with zero attached hydrogens (tertiary/aromatic N) is 2. The topological polar surface area (TPSA) is 129 Å². The molecule has 1 aromatic carbocycles. The van der Waals surface area contributed by atoms with Crippen LogP contribution in [0.2, 0.25) is 0 Å². The molecule has 0 saturated heterocycles. The van der Waals surface area contributed by atoms with Gasteiger partial charge in [0, 0.05) is 10.0 Å². The molecule has 1 aromatic heterocycles. The lowest BCUT2D eigenvalue weighted by Gasteiger charge is -2.14. The van der Waals surface area contributed by atoms with Gasteiger partial charge in [-0.25, -0.2) is 4.79 Å². The number of hydrogen-bond acceptors (Lipinski definition) is 7. The van der Waals surface area contributed by atoms with Crippen LogP contribution < -0.4 is 15.2 Å². The molecule has 9 nitrogen and oxygen atoms in total. The van der Waals surface area contributed by atoms with Crippen molar-refractivity contribution in [2.45, 2.75) is 13.8 Å². The summed E-state index contributed by atoms with van der Waals surface area (Å²) in [7, 11) is 0. The molecule has 0 aliphatic rings. The van der Waals surface area contributed by atoms with Crippen LogP contribution in [0.5, 0.6) is 11.5 Å². The lowest BCUT2D eigenvalue weighted by molar-refractivity contribution is -0.145. The van der Waals surface area contributed by atoms with Gasteiger partial charge in [-0.05, 0) is 41.9 Å². The molecule has 0 saturated carbocycles. The van der Waals surface area contributed by atoms with E-state index in [1.54, 1.807) is 19.1 Å². The highest BCUT2D eigenvalue weighted by Gasteiger charge is 2.20. The average molecular weight is 413 g/mol. The molecule has 0 spiro atoms. The van der Waals surface area contributed by atoms with Crippen molar-refractivity contribution in [3.05, 3.63) is 22.3 Å². The lowest BCUT2D eigenvalue weighted by atomic mass is 10.1. The van der Waals surface area contributed by atoms with E-state index < -0.39 is 11.9 Å². The summed E-state index contributed by atoms with van der Waals surface area (Å²) in [4.78, 5) is 22.9. The van der Waals surface area contributed by atoms with Gasteiger partial charge in [0.05, 0.1) is 13.2 Å². The summed E-state index contributed by atoms with van der Waals surface area (Å²) in [5.74, 6) is -0.480. The minimum atomic E-state index is -0.712. The zero-order valence-corrected chi connectivity index (χ0v) is 15.3. The first-order chi connectivity index (χ1) is 12.0. The van der Waals surface area contributed by atoms with Crippen LogP contribution in [-0.2, 0) is 9.53 Å². The van der Waals surface area contributed by atoms with Crippen molar-refractivity contribution < 1.29 is 23.8 Å². The van der Waals surface area contributed by atoms with Crippen molar-refractivity contribution in [3.63, 3.8) is 0 Å². The van der Waals surface area contributed by atoms with E-state index in [4.69, 9.17) is 19.9 Å². The van der Waals surface area contributed by atoms with Crippen molar-refractivity contribution in [2.75, 3.05) is 19.8 Å². The summed E-state index contributed by atoms with van der Waals surface area (Å²) in [5, 5.41) is 10.1. The minimum Gasteiger partial charge on any atom is -0.490 e. The van der Waals surface area contributed by atoms with E-state index in [0.717, 1.165) is 0 Å². The van der Waals surface area contributed by atoms with E-state index >= 15 is 0 Å². The van der Waals surface area contributed by atoms with Gasteiger partial charge in [0.1, 0.15) is 5.69 Å². The summed E-state index contributed by atoms with van der Waals surface area (Å²) in [6, 6.07) is 3.23. The van der Waals surface area contributed by atoms with Gasteiger partial charge < -0.3 is 19.9 Å². The molecule has 25 heavy (non-hydrogen) atoms. The van der Waals surface area contributed by atoms with Crippen LogP contribution in [0.15, 0.2) is 16.6 Å². The van der Waals surface area contributed by atoms with E-state index in [2.05, 4.69) is 31.3 Å². The Balaban J connectivity index is 2.38. The van der Waals surface area contributed by atoms with Gasteiger partial charge in [-0.15, -0.1) is 0 Å². The third-order valence-corrected chi connectivity index (χ3v) is 3.68. The molecule has 0 radical (unpaired) electrons. The number of esters is 1. The molecular weight excluding hydrogens is 396 g/mol. The van der Waals surface area contributed by atoms with Gasteiger partial charge in [0.2, 0.25) is 0 Å². The Labute approximate surface area is 151 Å². The molecule has 3 N–H and O–H groups in total. The number of nitrogens with two attached hydrogens (primary N) is 1. The number of halogens is 1. The first kappa shape index (κ1) is 18.7. The maximum Gasteiger partial charge on any atom is 0.344 e. The zero-order valence-electron chi connectivity index (χ0n) is 13.7. The molecule has 0 fully saturated rings. The van der Waals surface area contributed by atoms with Crippen molar-refractivity contribution in [3.8, 4) is 22.8 Å². The summed E-state index contributed by atoms with van der Waals surface area (Å²) >= 11 is 3.39. The lowest BCUT2D eigenvalue weighted by Crippen LogP contribution is -2.15. The van der Waals surface area contributed by atoms with Gasteiger partial charge >= 0.3 is 5.97 Å². The standard InChI is InChI=1S/C15H17BrN4O5/c1-3-23-10-5-8(13-14(15(17)22)19-20-18-13)9(16)6-11(10)25-7-12(21)24-4-2/h5-6H,3-4,7H2,1-2H3,(H2,17,22)(H,18,19,20). The van der Waals surface area contributed by atoms with E-state index in [1.807, 2.05) is 6.92 Å². The van der Waals surface area contributed by atoms with E-state index in [0.29, 0.717) is 28.1 Å². The fourth-order valence-electron chi connectivity index (χ4n) is 2.03. The predicted molar refractivity (Wildman–Crippen MR) is 91.3 cm³/mol. The van der Waals surface area contributed by atoms with Gasteiger partial charge in [-0.1, -0.05) is 0 Å². The Hall–Kier alpha value is -2.62. The van der Waals surface area contributed by atoms with Crippen LogP contribution in [0, 0.1) is 0 Å². The van der Waals surface area contributed by atoms with Crippen molar-refractivity contribution in [1.82, 2.24) is 15.4 Å². The third-order valence-electron chi connectivity index (χ3n) is 3.02. The summed E-state index contributed by atoms with van der Waals surface area (Å²) in [6.45, 7) is 3.91. The number of aromatic amines is 1. The Morgan fingerprint density at radius 3 is 2.52 bits per heavy atom. The second kappa shape index (κ2) is 8.47. The van der Waals surface area contributed by atoms with E-state index in [-0.39, 0.29) is 24.6 Å². The highest BCUT2D eigenvalue weighted by atomic mass is 79.9. The van der Waals surface area contributed by atoms with E-state index in [9.17, 15) is 9.59 Å². The Kier molecular flexibility index (Phi) is 6.34. The van der Waals surface area contributed by atoms with Crippen LogP contribution >= 0.6 is 15.9 Å². The Morgan fingerprint density at radius 2 is 1.88 bits per heavy atom. The van der Waals surface area contributed by atoms with Gasteiger partial charge in [0.15, 0.2) is 23.8 Å². The number of primary amides is 1. The second-order valence-electron chi connectivity index (χ2n) is 4.69. The molecule has 2 rings (SSSR count). The monoisotopic (exact) mass is 412 g/mol.